The molecule has 7 nitrogen and oxygen atoms in total. The second-order valence-corrected chi connectivity index (χ2v) is 8.53. The number of aromatic nitrogens is 3. The minimum atomic E-state index is -0.115. The monoisotopic (exact) mass is 465 g/mol. The van der Waals surface area contributed by atoms with E-state index in [0.29, 0.717) is 17.4 Å². The van der Waals surface area contributed by atoms with Crippen LogP contribution in [0.4, 0.5) is 5.13 Å². The third-order valence-electron chi connectivity index (χ3n) is 5.23. The highest BCUT2D eigenvalue weighted by atomic mass is 35.5. The number of hydrogen-bond donors (Lipinski definition) is 0. The van der Waals surface area contributed by atoms with Crippen molar-refractivity contribution in [2.45, 2.75) is 40.7 Å². The number of rotatable bonds is 9. The SMILES string of the molecule is CCN(CC)CCN(C(=O)c1cc(C)n(C(C)C)n1)c1nc2ccc(OC)cc2s1.Cl. The van der Waals surface area contributed by atoms with E-state index >= 15 is 0 Å². The van der Waals surface area contributed by atoms with E-state index in [9.17, 15) is 4.79 Å². The lowest BCUT2D eigenvalue weighted by Crippen LogP contribution is -2.39. The molecule has 0 bridgehead atoms. The van der Waals surface area contributed by atoms with Gasteiger partial charge in [-0.3, -0.25) is 14.4 Å². The lowest BCUT2D eigenvalue weighted by Gasteiger charge is -2.24. The Labute approximate surface area is 194 Å². The maximum absolute atomic E-state index is 13.5. The predicted molar refractivity (Wildman–Crippen MR) is 130 cm³/mol. The standard InChI is InChI=1S/C22H31N5O2S.ClH/c1-7-25(8-2)11-12-26(21(28)19-13-16(5)27(24-19)15(3)4)22-23-18-10-9-17(29-6)14-20(18)30-22;/h9-10,13-15H,7-8,11-12H2,1-6H3;1H. The van der Waals surface area contributed by atoms with E-state index in [1.165, 1.54) is 11.3 Å². The van der Waals surface area contributed by atoms with E-state index in [1.807, 2.05) is 35.9 Å². The van der Waals surface area contributed by atoms with Crippen LogP contribution in [0.15, 0.2) is 24.3 Å². The average Bonchev–Trinajstić information content (AvgIpc) is 3.33. The van der Waals surface area contributed by atoms with Crippen LogP contribution in [0.3, 0.4) is 0 Å². The average molecular weight is 466 g/mol. The van der Waals surface area contributed by atoms with Crippen LogP contribution in [0, 0.1) is 6.92 Å². The number of likely N-dealkylation sites (N-methyl/N-ethyl adjacent to an activating group) is 1. The quantitative estimate of drug-likeness (QED) is 0.454. The molecule has 2 aromatic heterocycles. The van der Waals surface area contributed by atoms with Crippen LogP contribution in [0.1, 0.15) is 49.9 Å². The van der Waals surface area contributed by atoms with Gasteiger partial charge in [-0.05, 0) is 58.1 Å². The summed E-state index contributed by atoms with van der Waals surface area (Å²) in [6.45, 7) is 13.6. The first-order valence-electron chi connectivity index (χ1n) is 10.4. The van der Waals surface area contributed by atoms with Crippen molar-refractivity contribution in [3.05, 3.63) is 35.7 Å². The summed E-state index contributed by atoms with van der Waals surface area (Å²) in [7, 11) is 1.65. The number of methoxy groups -OCH3 is 1. The van der Waals surface area contributed by atoms with E-state index in [-0.39, 0.29) is 24.4 Å². The van der Waals surface area contributed by atoms with Crippen LogP contribution in [0.25, 0.3) is 10.2 Å². The molecule has 3 rings (SSSR count). The van der Waals surface area contributed by atoms with Gasteiger partial charge >= 0.3 is 0 Å². The number of amides is 1. The van der Waals surface area contributed by atoms with Gasteiger partial charge in [0.1, 0.15) is 5.75 Å². The van der Waals surface area contributed by atoms with Gasteiger partial charge in [-0.2, -0.15) is 5.10 Å². The number of carbonyl (C=O) groups excluding carboxylic acids is 1. The van der Waals surface area contributed by atoms with Crippen molar-refractivity contribution in [2.75, 3.05) is 38.2 Å². The van der Waals surface area contributed by atoms with Gasteiger partial charge in [-0.15, -0.1) is 12.4 Å². The lowest BCUT2D eigenvalue weighted by molar-refractivity contribution is 0.0978. The summed E-state index contributed by atoms with van der Waals surface area (Å²) in [6, 6.07) is 7.84. The van der Waals surface area contributed by atoms with Crippen molar-refractivity contribution in [1.82, 2.24) is 19.7 Å². The number of hydrogen-bond acceptors (Lipinski definition) is 6. The Morgan fingerprint density at radius 3 is 2.48 bits per heavy atom. The molecule has 0 atom stereocenters. The summed E-state index contributed by atoms with van der Waals surface area (Å²) in [6.07, 6.45) is 0. The molecule has 3 aromatic rings. The highest BCUT2D eigenvalue weighted by Gasteiger charge is 2.25. The molecule has 170 valence electrons. The molecule has 0 aliphatic rings. The topological polar surface area (TPSA) is 63.5 Å². The van der Waals surface area contributed by atoms with Gasteiger partial charge in [0.25, 0.3) is 5.91 Å². The lowest BCUT2D eigenvalue weighted by atomic mass is 10.3. The fourth-order valence-corrected chi connectivity index (χ4v) is 4.47. The first-order valence-corrected chi connectivity index (χ1v) is 11.2. The molecule has 0 aliphatic heterocycles. The molecule has 31 heavy (non-hydrogen) atoms. The molecule has 2 heterocycles. The number of carbonyl (C=O) groups is 1. The molecule has 1 aromatic carbocycles. The molecule has 0 unspecified atom stereocenters. The van der Waals surface area contributed by atoms with Crippen molar-refractivity contribution in [1.29, 1.82) is 0 Å². The van der Waals surface area contributed by atoms with Crippen LogP contribution in [-0.2, 0) is 0 Å². The molecule has 0 aliphatic carbocycles. The zero-order valence-electron chi connectivity index (χ0n) is 19.1. The Morgan fingerprint density at radius 1 is 1.19 bits per heavy atom. The minimum Gasteiger partial charge on any atom is -0.497 e. The Morgan fingerprint density at radius 2 is 1.90 bits per heavy atom. The number of halogens is 1. The van der Waals surface area contributed by atoms with Gasteiger partial charge in [-0.1, -0.05) is 25.2 Å². The summed E-state index contributed by atoms with van der Waals surface area (Å²) in [5.74, 6) is 0.667. The van der Waals surface area contributed by atoms with Crippen LogP contribution in [0.2, 0.25) is 0 Å². The summed E-state index contributed by atoms with van der Waals surface area (Å²) in [4.78, 5) is 22.3. The maximum Gasteiger partial charge on any atom is 0.280 e. The second kappa shape index (κ2) is 10.9. The predicted octanol–water partition coefficient (Wildman–Crippen LogP) is 4.80. The van der Waals surface area contributed by atoms with Crippen LogP contribution in [-0.4, -0.2) is 58.9 Å². The number of anilines is 1. The number of thiazole rings is 1. The molecule has 0 radical (unpaired) electrons. The third kappa shape index (κ3) is 5.56. The summed E-state index contributed by atoms with van der Waals surface area (Å²) in [5.41, 5.74) is 2.30. The molecular formula is C22H32ClN5O2S. The first-order chi connectivity index (χ1) is 14.4. The van der Waals surface area contributed by atoms with Crippen LogP contribution < -0.4 is 9.64 Å². The van der Waals surface area contributed by atoms with Gasteiger partial charge in [-0.25, -0.2) is 4.98 Å². The van der Waals surface area contributed by atoms with Crippen molar-refractivity contribution in [2.24, 2.45) is 0 Å². The molecule has 9 heteroatoms. The van der Waals surface area contributed by atoms with Crippen molar-refractivity contribution >= 4 is 45.0 Å². The summed E-state index contributed by atoms with van der Waals surface area (Å²) < 4.78 is 8.22. The highest BCUT2D eigenvalue weighted by molar-refractivity contribution is 7.22. The fourth-order valence-electron chi connectivity index (χ4n) is 3.45. The van der Waals surface area contributed by atoms with Crippen molar-refractivity contribution in [3.8, 4) is 5.75 Å². The number of benzene rings is 1. The normalized spacial score (nSPS) is 11.2. The Hall–Kier alpha value is -2.16. The van der Waals surface area contributed by atoms with E-state index < -0.39 is 0 Å². The first kappa shape index (κ1) is 25.1. The zero-order valence-corrected chi connectivity index (χ0v) is 20.7. The highest BCUT2D eigenvalue weighted by Crippen LogP contribution is 2.32. The van der Waals surface area contributed by atoms with Crippen LogP contribution >= 0.6 is 23.7 Å². The van der Waals surface area contributed by atoms with Gasteiger partial charge in [0.15, 0.2) is 10.8 Å². The van der Waals surface area contributed by atoms with E-state index in [4.69, 9.17) is 9.72 Å². The molecular weight excluding hydrogens is 434 g/mol. The van der Waals surface area contributed by atoms with E-state index in [1.54, 1.807) is 12.0 Å². The van der Waals surface area contributed by atoms with Gasteiger partial charge in [0, 0.05) is 24.8 Å². The molecule has 1 amide bonds. The largest absolute Gasteiger partial charge is 0.497 e. The number of ether oxygens (including phenoxy) is 1. The molecule has 0 fully saturated rings. The summed E-state index contributed by atoms with van der Waals surface area (Å²) in [5, 5.41) is 5.26. The molecule has 0 saturated carbocycles. The Bertz CT molecular complexity index is 1010. The molecule has 0 spiro atoms. The van der Waals surface area contributed by atoms with Gasteiger partial charge in [0.2, 0.25) is 0 Å². The van der Waals surface area contributed by atoms with Gasteiger partial charge in [0.05, 0.1) is 17.3 Å². The number of aryl methyl sites for hydroxylation is 1. The van der Waals surface area contributed by atoms with E-state index in [0.717, 1.165) is 41.3 Å². The second-order valence-electron chi connectivity index (χ2n) is 7.52. The van der Waals surface area contributed by atoms with Crippen LogP contribution in [0.5, 0.6) is 5.75 Å². The number of fused-ring (bicyclic) bond motifs is 1. The zero-order chi connectivity index (χ0) is 21.8. The van der Waals surface area contributed by atoms with Crippen molar-refractivity contribution in [3.63, 3.8) is 0 Å². The molecule has 0 N–H and O–H groups in total. The van der Waals surface area contributed by atoms with Gasteiger partial charge < -0.3 is 9.64 Å². The fraction of sp³-hybridized carbons (Fsp3) is 0.500. The maximum atomic E-state index is 13.5. The molecule has 0 saturated heterocycles. The summed E-state index contributed by atoms with van der Waals surface area (Å²) >= 11 is 1.50. The van der Waals surface area contributed by atoms with E-state index in [2.05, 4.69) is 37.7 Å². The smallest absolute Gasteiger partial charge is 0.280 e. The third-order valence-corrected chi connectivity index (χ3v) is 6.27. The number of nitrogens with zero attached hydrogens (tertiary/aromatic N) is 5. The minimum absolute atomic E-state index is 0. The Kier molecular flexibility index (Phi) is 8.85. The Balaban J connectivity index is 0.00000341. The van der Waals surface area contributed by atoms with Crippen molar-refractivity contribution < 1.29 is 9.53 Å².